The van der Waals surface area contributed by atoms with Gasteiger partial charge in [0.05, 0.1) is 6.10 Å². The lowest BCUT2D eigenvalue weighted by Crippen LogP contribution is -2.48. The minimum Gasteiger partial charge on any atom is -0.459 e. The minimum absolute atomic E-state index is 0.116. The number of carbonyl (C=O) groups excluding carboxylic acids is 1. The van der Waals surface area contributed by atoms with E-state index >= 15 is 0 Å². The van der Waals surface area contributed by atoms with Crippen molar-refractivity contribution < 1.29 is 24.5 Å². The number of hydrogen-bond acceptors (Lipinski definition) is 5. The summed E-state index contributed by atoms with van der Waals surface area (Å²) in [6.07, 6.45) is -2.91. The van der Waals surface area contributed by atoms with Crippen molar-refractivity contribution in [1.29, 1.82) is 0 Å². The maximum atomic E-state index is 10.6. The SMILES string of the molecule is CC(=O)O[C@H]1C[C@H](O)O[C@H](C)[C@@H]1O. The third-order valence-corrected chi connectivity index (χ3v) is 1.98. The normalized spacial score (nSPS) is 40.0. The molecule has 0 bridgehead atoms. The highest BCUT2D eigenvalue weighted by atomic mass is 16.6. The monoisotopic (exact) mass is 190 g/mol. The fourth-order valence-electron chi connectivity index (χ4n) is 1.36. The van der Waals surface area contributed by atoms with Gasteiger partial charge in [-0.1, -0.05) is 0 Å². The summed E-state index contributed by atoms with van der Waals surface area (Å²) in [5.74, 6) is -0.467. The molecule has 0 aromatic carbocycles. The molecule has 1 heterocycles. The number of hydrogen-bond donors (Lipinski definition) is 2. The summed E-state index contributed by atoms with van der Waals surface area (Å²) < 4.78 is 9.74. The van der Waals surface area contributed by atoms with Crippen LogP contribution in [0.5, 0.6) is 0 Å². The molecule has 5 nitrogen and oxygen atoms in total. The van der Waals surface area contributed by atoms with Gasteiger partial charge in [0.15, 0.2) is 6.29 Å². The van der Waals surface area contributed by atoms with Gasteiger partial charge in [-0.2, -0.15) is 0 Å². The van der Waals surface area contributed by atoms with Gasteiger partial charge in [0.2, 0.25) is 0 Å². The van der Waals surface area contributed by atoms with Gasteiger partial charge < -0.3 is 19.7 Å². The first-order valence-electron chi connectivity index (χ1n) is 4.19. The Morgan fingerprint density at radius 1 is 1.54 bits per heavy atom. The Hall–Kier alpha value is -0.650. The minimum atomic E-state index is -0.970. The molecule has 0 unspecified atom stereocenters. The van der Waals surface area contributed by atoms with Crippen molar-refractivity contribution >= 4 is 5.97 Å². The molecule has 1 fully saturated rings. The predicted octanol–water partition coefficient (Wildman–Crippen LogP) is -0.594. The van der Waals surface area contributed by atoms with Crippen LogP contribution >= 0.6 is 0 Å². The Kier molecular flexibility index (Phi) is 3.24. The Labute approximate surface area is 76.3 Å². The standard InChI is InChI=1S/C8H14O5/c1-4-8(11)6(13-5(2)9)3-7(10)12-4/h4,6-8,10-11H,3H2,1-2H3/t4-,6+,7-,8+/m1/s1. The van der Waals surface area contributed by atoms with Crippen molar-refractivity contribution in [3.8, 4) is 0 Å². The summed E-state index contributed by atoms with van der Waals surface area (Å²) in [5, 5.41) is 18.6. The first-order chi connectivity index (χ1) is 6.00. The molecule has 0 aliphatic carbocycles. The Morgan fingerprint density at radius 2 is 2.15 bits per heavy atom. The summed E-state index contributed by atoms with van der Waals surface area (Å²) in [7, 11) is 0. The van der Waals surface area contributed by atoms with Crippen LogP contribution < -0.4 is 0 Å². The second kappa shape index (κ2) is 4.04. The van der Waals surface area contributed by atoms with Crippen molar-refractivity contribution in [2.45, 2.75) is 44.9 Å². The van der Waals surface area contributed by atoms with Crippen LogP contribution in [-0.4, -0.2) is 40.8 Å². The summed E-state index contributed by atoms with van der Waals surface area (Å²) in [5.41, 5.74) is 0. The van der Waals surface area contributed by atoms with Gasteiger partial charge in [-0.25, -0.2) is 0 Å². The van der Waals surface area contributed by atoms with Gasteiger partial charge in [-0.15, -0.1) is 0 Å². The van der Waals surface area contributed by atoms with Crippen LogP contribution in [0.2, 0.25) is 0 Å². The van der Waals surface area contributed by atoms with Crippen molar-refractivity contribution in [1.82, 2.24) is 0 Å². The quantitative estimate of drug-likeness (QED) is 0.540. The summed E-state index contributed by atoms with van der Waals surface area (Å²) in [4.78, 5) is 10.6. The zero-order chi connectivity index (χ0) is 10.0. The molecule has 1 saturated heterocycles. The summed E-state index contributed by atoms with van der Waals surface area (Å²) >= 11 is 0. The average molecular weight is 190 g/mol. The topological polar surface area (TPSA) is 76.0 Å². The highest BCUT2D eigenvalue weighted by Crippen LogP contribution is 2.21. The van der Waals surface area contributed by atoms with E-state index < -0.39 is 30.6 Å². The number of aliphatic hydroxyl groups is 2. The van der Waals surface area contributed by atoms with Gasteiger partial charge >= 0.3 is 5.97 Å². The molecule has 0 saturated carbocycles. The molecule has 4 atom stereocenters. The Bertz CT molecular complexity index is 193. The van der Waals surface area contributed by atoms with Crippen LogP contribution in [0.15, 0.2) is 0 Å². The van der Waals surface area contributed by atoms with E-state index in [0.717, 1.165) is 0 Å². The maximum Gasteiger partial charge on any atom is 0.302 e. The highest BCUT2D eigenvalue weighted by Gasteiger charge is 2.36. The van der Waals surface area contributed by atoms with Gasteiger partial charge in [0, 0.05) is 13.3 Å². The molecule has 0 aromatic rings. The van der Waals surface area contributed by atoms with E-state index in [0.29, 0.717) is 0 Å². The largest absolute Gasteiger partial charge is 0.459 e. The second-order valence-electron chi connectivity index (χ2n) is 3.17. The molecule has 0 radical (unpaired) electrons. The van der Waals surface area contributed by atoms with Crippen LogP contribution in [0, 0.1) is 0 Å². The number of aliphatic hydroxyl groups excluding tert-OH is 2. The Balaban J connectivity index is 2.55. The van der Waals surface area contributed by atoms with E-state index in [1.165, 1.54) is 6.92 Å². The van der Waals surface area contributed by atoms with Crippen molar-refractivity contribution in [2.75, 3.05) is 0 Å². The lowest BCUT2D eigenvalue weighted by molar-refractivity contribution is -0.233. The molecule has 1 rings (SSSR count). The smallest absolute Gasteiger partial charge is 0.302 e. The number of carbonyl (C=O) groups is 1. The predicted molar refractivity (Wildman–Crippen MR) is 42.7 cm³/mol. The maximum absolute atomic E-state index is 10.6. The van der Waals surface area contributed by atoms with E-state index in [-0.39, 0.29) is 6.42 Å². The highest BCUT2D eigenvalue weighted by molar-refractivity contribution is 5.66. The van der Waals surface area contributed by atoms with Crippen LogP contribution in [-0.2, 0) is 14.3 Å². The molecule has 0 aromatic heterocycles. The Morgan fingerprint density at radius 3 is 2.69 bits per heavy atom. The molecule has 5 heteroatoms. The lowest BCUT2D eigenvalue weighted by Gasteiger charge is -2.34. The zero-order valence-corrected chi connectivity index (χ0v) is 7.64. The first-order valence-corrected chi connectivity index (χ1v) is 4.19. The summed E-state index contributed by atoms with van der Waals surface area (Å²) in [6, 6.07) is 0. The third-order valence-electron chi connectivity index (χ3n) is 1.98. The molecule has 76 valence electrons. The van der Waals surface area contributed by atoms with Crippen LogP contribution in [0.1, 0.15) is 20.3 Å². The molecule has 2 N–H and O–H groups in total. The van der Waals surface area contributed by atoms with Gasteiger partial charge in [-0.3, -0.25) is 4.79 Å². The van der Waals surface area contributed by atoms with Crippen molar-refractivity contribution in [3.05, 3.63) is 0 Å². The molecule has 0 spiro atoms. The van der Waals surface area contributed by atoms with Crippen molar-refractivity contribution in [2.24, 2.45) is 0 Å². The zero-order valence-electron chi connectivity index (χ0n) is 7.64. The number of ether oxygens (including phenoxy) is 2. The van der Waals surface area contributed by atoms with Gasteiger partial charge in [-0.05, 0) is 6.92 Å². The molecule has 0 amide bonds. The lowest BCUT2D eigenvalue weighted by atomic mass is 10.0. The number of esters is 1. The van der Waals surface area contributed by atoms with Crippen molar-refractivity contribution in [3.63, 3.8) is 0 Å². The van der Waals surface area contributed by atoms with Crippen LogP contribution in [0.25, 0.3) is 0 Å². The average Bonchev–Trinajstić information content (AvgIpc) is 1.98. The van der Waals surface area contributed by atoms with E-state index in [9.17, 15) is 9.90 Å². The van der Waals surface area contributed by atoms with Gasteiger partial charge in [0.1, 0.15) is 12.2 Å². The third kappa shape index (κ3) is 2.65. The number of rotatable bonds is 1. The van der Waals surface area contributed by atoms with E-state index in [1.807, 2.05) is 0 Å². The first kappa shape index (κ1) is 10.4. The van der Waals surface area contributed by atoms with Crippen LogP contribution in [0.4, 0.5) is 0 Å². The fourth-order valence-corrected chi connectivity index (χ4v) is 1.36. The van der Waals surface area contributed by atoms with Crippen LogP contribution in [0.3, 0.4) is 0 Å². The van der Waals surface area contributed by atoms with E-state index in [1.54, 1.807) is 6.92 Å². The fraction of sp³-hybridized carbons (Fsp3) is 0.875. The summed E-state index contributed by atoms with van der Waals surface area (Å²) in [6.45, 7) is 2.88. The van der Waals surface area contributed by atoms with E-state index in [2.05, 4.69) is 0 Å². The molecule has 13 heavy (non-hydrogen) atoms. The molecular weight excluding hydrogens is 176 g/mol. The molecule has 1 aliphatic rings. The second-order valence-corrected chi connectivity index (χ2v) is 3.17. The van der Waals surface area contributed by atoms with E-state index in [4.69, 9.17) is 14.6 Å². The molecule has 1 aliphatic heterocycles. The molecular formula is C8H14O5. The van der Waals surface area contributed by atoms with Gasteiger partial charge in [0.25, 0.3) is 0 Å².